The van der Waals surface area contributed by atoms with Crippen molar-refractivity contribution < 1.29 is 75.8 Å². The molecule has 538 valence electrons. The van der Waals surface area contributed by atoms with Gasteiger partial charge in [0.2, 0.25) is 0 Å². The van der Waals surface area contributed by atoms with Gasteiger partial charge in [-0.1, -0.05) is 279 Å². The van der Waals surface area contributed by atoms with Crippen LogP contribution in [0.25, 0.3) is 0 Å². The Morgan fingerprint density at radius 3 is 0.925 bits per heavy atom. The molecule has 0 aliphatic rings. The van der Waals surface area contributed by atoms with Crippen LogP contribution in [0.1, 0.15) is 303 Å². The molecule has 5 unspecified atom stereocenters. The average molecular weight is 1350 g/mol. The first-order valence-electron chi connectivity index (χ1n) is 36.5. The van der Waals surface area contributed by atoms with Gasteiger partial charge in [0, 0.05) is 19.3 Å². The molecule has 18 heteroatoms. The molecule has 0 rings (SSSR count). The van der Waals surface area contributed by atoms with Crippen molar-refractivity contribution >= 4 is 33.6 Å². The summed E-state index contributed by atoms with van der Waals surface area (Å²) in [5.41, 5.74) is 0. The molecule has 5 atom stereocenters. The number of hydrogen-bond donors (Lipinski definition) is 4. The number of hydrogen-bond acceptors (Lipinski definition) is 14. The van der Waals surface area contributed by atoms with E-state index in [1.807, 2.05) is 0 Å². The summed E-state index contributed by atoms with van der Waals surface area (Å²) in [5.74, 6) is -1.59. The third-order valence-corrected chi connectivity index (χ3v) is 17.2. The molecule has 0 aromatic rings. The van der Waals surface area contributed by atoms with Crippen molar-refractivity contribution in [1.29, 1.82) is 0 Å². The molecule has 0 aliphatic heterocycles. The number of phosphoric ester groups is 2. The van der Waals surface area contributed by atoms with Gasteiger partial charge in [-0.05, 0) is 103 Å². The van der Waals surface area contributed by atoms with Gasteiger partial charge in [-0.25, -0.2) is 9.13 Å². The molecule has 4 N–H and O–H groups in total. The standard InChI is InChI=1S/C75H132O16P2/c1-4-7-10-13-16-19-22-25-27-29-31-32-33-34-35-36-38-40-41-44-46-49-52-55-58-61-73(78)85-64-70(76)65-87-92(81,82)88-66-71(77)67-89-93(83,84)90-69-72(91-75(80)63-60-57-54-51-48-43-24-21-18-15-12-9-6-3)68-86-74(79)62-59-56-53-50-47-45-42-39-37-30-28-26-23-20-17-14-11-8-5-2/h8,11,16-17,19-20,25-28,31-32,34-35,37,39,70-72,76-77H,4-7,9-10,12-15,18,21-24,29-30,33,36,38,40-69H2,1-3H3,(H,81,82)(H,83,84)/b11-8-,19-16-,20-17-,27-25-,28-26-,32-31-,35-34-,39-37-. The number of unbranched alkanes of at least 4 members (excludes halogenated alkanes) is 30. The van der Waals surface area contributed by atoms with Gasteiger partial charge in [0.25, 0.3) is 0 Å². The second kappa shape index (κ2) is 68.4. The van der Waals surface area contributed by atoms with Crippen molar-refractivity contribution in [3.05, 3.63) is 97.2 Å². The van der Waals surface area contributed by atoms with Gasteiger partial charge in [-0.2, -0.15) is 0 Å². The molecule has 93 heavy (non-hydrogen) atoms. The van der Waals surface area contributed by atoms with E-state index in [-0.39, 0.29) is 19.3 Å². The predicted octanol–water partition coefficient (Wildman–Crippen LogP) is 20.6. The Morgan fingerprint density at radius 2 is 0.570 bits per heavy atom. The molecule has 0 amide bonds. The van der Waals surface area contributed by atoms with Crippen LogP contribution in [0.15, 0.2) is 97.2 Å². The normalized spacial score (nSPS) is 14.7. The number of ether oxygens (including phenoxy) is 3. The largest absolute Gasteiger partial charge is 0.472 e. The number of rotatable bonds is 69. The molecule has 16 nitrogen and oxygen atoms in total. The van der Waals surface area contributed by atoms with Gasteiger partial charge < -0.3 is 34.2 Å². The van der Waals surface area contributed by atoms with E-state index in [9.17, 15) is 43.5 Å². The van der Waals surface area contributed by atoms with Crippen LogP contribution in [0.2, 0.25) is 0 Å². The Balaban J connectivity index is 4.56. The molecule has 0 saturated heterocycles. The van der Waals surface area contributed by atoms with Gasteiger partial charge in [-0.15, -0.1) is 0 Å². The fourth-order valence-electron chi connectivity index (χ4n) is 9.72. The topological polar surface area (TPSA) is 231 Å². The molecule has 0 spiro atoms. The first-order chi connectivity index (χ1) is 45.2. The Hall–Kier alpha value is -3.53. The molecule has 0 aromatic carbocycles. The molecular formula is C75H132O16P2. The number of carbonyl (C=O) groups is 3. The Morgan fingerprint density at radius 1 is 0.312 bits per heavy atom. The number of aliphatic hydroxyl groups excluding tert-OH is 2. The van der Waals surface area contributed by atoms with Crippen LogP contribution in [0.4, 0.5) is 0 Å². The van der Waals surface area contributed by atoms with Crippen molar-refractivity contribution in [1.82, 2.24) is 0 Å². The number of phosphoric acid groups is 2. The summed E-state index contributed by atoms with van der Waals surface area (Å²) in [6, 6.07) is 0. The minimum Gasteiger partial charge on any atom is -0.463 e. The average Bonchev–Trinajstić information content (AvgIpc) is 3.74. The van der Waals surface area contributed by atoms with Crippen LogP contribution in [-0.2, 0) is 55.8 Å². The molecule has 0 aliphatic carbocycles. The monoisotopic (exact) mass is 1350 g/mol. The lowest BCUT2D eigenvalue weighted by Gasteiger charge is -2.21. The lowest BCUT2D eigenvalue weighted by molar-refractivity contribution is -0.161. The van der Waals surface area contributed by atoms with E-state index < -0.39 is 91.5 Å². The van der Waals surface area contributed by atoms with Crippen LogP contribution in [-0.4, -0.2) is 95.9 Å². The maximum absolute atomic E-state index is 12.9. The van der Waals surface area contributed by atoms with E-state index in [1.54, 1.807) is 0 Å². The highest BCUT2D eigenvalue weighted by molar-refractivity contribution is 7.47. The second-order valence-corrected chi connectivity index (χ2v) is 27.3. The summed E-state index contributed by atoms with van der Waals surface area (Å²) >= 11 is 0. The highest BCUT2D eigenvalue weighted by Gasteiger charge is 2.29. The molecule has 0 bridgehead atoms. The molecule has 0 heterocycles. The lowest BCUT2D eigenvalue weighted by Crippen LogP contribution is -2.30. The SMILES string of the molecule is CC/C=C\C/C=C\C/C=C\C/C=C\CCCCCCCCC(=O)OCC(COP(=O)(O)OCC(O)COP(=O)(O)OCC(O)COC(=O)CCCCCCCCCCC/C=C\C/C=C\C/C=C\C/C=C\CCCCC)OC(=O)CCCCCCCCCCCCCCC. The van der Waals surface area contributed by atoms with Crippen LogP contribution in [0.5, 0.6) is 0 Å². The van der Waals surface area contributed by atoms with Gasteiger partial charge in [-0.3, -0.25) is 32.5 Å². The Labute approximate surface area is 565 Å². The molecule has 0 aromatic heterocycles. The summed E-state index contributed by atoms with van der Waals surface area (Å²) in [6.45, 7) is 2.53. The summed E-state index contributed by atoms with van der Waals surface area (Å²) in [4.78, 5) is 58.5. The molecule has 0 radical (unpaired) electrons. The number of allylic oxidation sites excluding steroid dienone is 16. The number of esters is 3. The first kappa shape index (κ1) is 89.5. The highest BCUT2D eigenvalue weighted by Crippen LogP contribution is 2.45. The van der Waals surface area contributed by atoms with Gasteiger partial charge in [0.1, 0.15) is 25.4 Å². The van der Waals surface area contributed by atoms with Crippen molar-refractivity contribution in [2.75, 3.05) is 39.6 Å². The van der Waals surface area contributed by atoms with E-state index in [0.717, 1.165) is 141 Å². The summed E-state index contributed by atoms with van der Waals surface area (Å²) < 4.78 is 61.0. The summed E-state index contributed by atoms with van der Waals surface area (Å²) in [6.07, 6.45) is 75.9. The number of carbonyl (C=O) groups excluding carboxylic acids is 3. The quantitative estimate of drug-likeness (QED) is 0.0146. The van der Waals surface area contributed by atoms with Crippen LogP contribution in [0.3, 0.4) is 0 Å². The maximum Gasteiger partial charge on any atom is 0.472 e. The van der Waals surface area contributed by atoms with E-state index in [0.29, 0.717) is 19.3 Å². The molecular weight excluding hydrogens is 1220 g/mol. The predicted molar refractivity (Wildman–Crippen MR) is 381 cm³/mol. The van der Waals surface area contributed by atoms with E-state index in [4.69, 9.17) is 32.3 Å². The minimum absolute atomic E-state index is 0.104. The van der Waals surface area contributed by atoms with E-state index in [1.165, 1.54) is 103 Å². The van der Waals surface area contributed by atoms with E-state index in [2.05, 4.69) is 118 Å². The van der Waals surface area contributed by atoms with Crippen molar-refractivity contribution in [2.45, 2.75) is 322 Å². The van der Waals surface area contributed by atoms with Gasteiger partial charge in [0.15, 0.2) is 6.10 Å². The van der Waals surface area contributed by atoms with Gasteiger partial charge in [0.05, 0.1) is 26.4 Å². The van der Waals surface area contributed by atoms with E-state index >= 15 is 0 Å². The van der Waals surface area contributed by atoms with Crippen LogP contribution >= 0.6 is 15.6 Å². The molecule has 0 saturated carbocycles. The van der Waals surface area contributed by atoms with Crippen LogP contribution < -0.4 is 0 Å². The third kappa shape index (κ3) is 69.6. The minimum atomic E-state index is -4.93. The van der Waals surface area contributed by atoms with Crippen molar-refractivity contribution in [3.63, 3.8) is 0 Å². The lowest BCUT2D eigenvalue weighted by atomic mass is 10.0. The fourth-order valence-corrected chi connectivity index (χ4v) is 11.3. The third-order valence-electron chi connectivity index (χ3n) is 15.3. The fraction of sp³-hybridized carbons (Fsp3) is 0.747. The Bertz CT molecular complexity index is 2080. The van der Waals surface area contributed by atoms with Crippen molar-refractivity contribution in [2.24, 2.45) is 0 Å². The summed E-state index contributed by atoms with van der Waals surface area (Å²) in [7, 11) is -9.78. The van der Waals surface area contributed by atoms with Gasteiger partial charge >= 0.3 is 33.6 Å². The number of aliphatic hydroxyl groups is 2. The molecule has 0 fully saturated rings. The second-order valence-electron chi connectivity index (χ2n) is 24.4. The smallest absolute Gasteiger partial charge is 0.463 e. The first-order valence-corrected chi connectivity index (χ1v) is 39.5. The maximum atomic E-state index is 12.9. The Kier molecular flexibility index (Phi) is 65.8. The van der Waals surface area contributed by atoms with Crippen molar-refractivity contribution in [3.8, 4) is 0 Å². The summed E-state index contributed by atoms with van der Waals surface area (Å²) in [5, 5.41) is 20.6. The highest BCUT2D eigenvalue weighted by atomic mass is 31.2. The zero-order valence-corrected chi connectivity index (χ0v) is 60.2. The van der Waals surface area contributed by atoms with Crippen LogP contribution in [0, 0.1) is 0 Å². The zero-order valence-electron chi connectivity index (χ0n) is 58.4. The zero-order chi connectivity index (χ0) is 68.1.